The number of nitrogens with zero attached hydrogens (tertiary/aromatic N) is 1. The van der Waals surface area contributed by atoms with Crippen LogP contribution in [-0.2, 0) is 6.54 Å². The van der Waals surface area contributed by atoms with Crippen molar-refractivity contribution in [3.8, 4) is 0 Å². The highest BCUT2D eigenvalue weighted by Crippen LogP contribution is 2.19. The fraction of sp³-hybridized carbons (Fsp3) is 0.600. The van der Waals surface area contributed by atoms with E-state index < -0.39 is 0 Å². The summed E-state index contributed by atoms with van der Waals surface area (Å²) in [5.74, 6) is 0. The monoisotopic (exact) mass is 232 g/mol. The Labute approximate surface area is 105 Å². The van der Waals surface area contributed by atoms with Gasteiger partial charge in [0.2, 0.25) is 0 Å². The van der Waals surface area contributed by atoms with Gasteiger partial charge in [0, 0.05) is 19.1 Å². The molecule has 0 bridgehead atoms. The minimum absolute atomic E-state index is 0.733. The molecule has 1 aliphatic heterocycles. The third-order valence-corrected chi connectivity index (χ3v) is 3.64. The average Bonchev–Trinajstić information content (AvgIpc) is 2.77. The van der Waals surface area contributed by atoms with Crippen molar-refractivity contribution in [2.45, 2.75) is 39.3 Å². The molecule has 2 rings (SSSR count). The number of hydrogen-bond donors (Lipinski definition) is 1. The number of rotatable bonds is 5. The van der Waals surface area contributed by atoms with Gasteiger partial charge in [-0.15, -0.1) is 0 Å². The van der Waals surface area contributed by atoms with Crippen molar-refractivity contribution in [2.24, 2.45) is 0 Å². The van der Waals surface area contributed by atoms with Gasteiger partial charge in [-0.25, -0.2) is 0 Å². The maximum Gasteiger partial charge on any atom is 0.0237 e. The summed E-state index contributed by atoms with van der Waals surface area (Å²) in [5.41, 5.74) is 2.79. The molecule has 0 radical (unpaired) electrons. The lowest BCUT2D eigenvalue weighted by Gasteiger charge is -2.24. The highest BCUT2D eigenvalue weighted by molar-refractivity contribution is 5.21. The van der Waals surface area contributed by atoms with Crippen LogP contribution in [0.3, 0.4) is 0 Å². The molecular weight excluding hydrogens is 208 g/mol. The van der Waals surface area contributed by atoms with Gasteiger partial charge >= 0.3 is 0 Å². The van der Waals surface area contributed by atoms with Crippen molar-refractivity contribution in [1.29, 1.82) is 0 Å². The molecule has 0 aliphatic carbocycles. The minimum Gasteiger partial charge on any atom is -0.315 e. The first-order valence-electron chi connectivity index (χ1n) is 6.80. The van der Waals surface area contributed by atoms with E-state index in [4.69, 9.17) is 0 Å². The second-order valence-corrected chi connectivity index (χ2v) is 5.06. The van der Waals surface area contributed by atoms with Crippen LogP contribution in [0.1, 0.15) is 30.9 Å². The Morgan fingerprint density at radius 2 is 2.06 bits per heavy atom. The molecule has 2 nitrogen and oxygen atoms in total. The van der Waals surface area contributed by atoms with Crippen LogP contribution < -0.4 is 5.32 Å². The number of benzene rings is 1. The summed E-state index contributed by atoms with van der Waals surface area (Å²) in [5, 5.41) is 3.47. The molecule has 1 aromatic rings. The van der Waals surface area contributed by atoms with Gasteiger partial charge in [-0.3, -0.25) is 4.90 Å². The number of nitrogens with one attached hydrogen (secondary N) is 1. The molecule has 0 saturated carbocycles. The number of hydrogen-bond acceptors (Lipinski definition) is 2. The zero-order valence-electron chi connectivity index (χ0n) is 11.1. The van der Waals surface area contributed by atoms with E-state index in [9.17, 15) is 0 Å². The summed E-state index contributed by atoms with van der Waals surface area (Å²) in [7, 11) is 0. The Morgan fingerprint density at radius 1 is 1.29 bits per heavy atom. The van der Waals surface area contributed by atoms with Gasteiger partial charge in [0.1, 0.15) is 0 Å². The summed E-state index contributed by atoms with van der Waals surface area (Å²) in [6.07, 6.45) is 2.70. The summed E-state index contributed by atoms with van der Waals surface area (Å²) < 4.78 is 0. The van der Waals surface area contributed by atoms with Crippen LogP contribution in [0.15, 0.2) is 24.3 Å². The fourth-order valence-corrected chi connectivity index (χ4v) is 2.57. The van der Waals surface area contributed by atoms with Gasteiger partial charge in [0.05, 0.1) is 0 Å². The number of likely N-dealkylation sites (N-methyl/N-ethyl adjacent to an activating group) is 1. The van der Waals surface area contributed by atoms with E-state index in [1.165, 1.54) is 30.5 Å². The molecule has 17 heavy (non-hydrogen) atoms. The third-order valence-electron chi connectivity index (χ3n) is 3.64. The lowest BCUT2D eigenvalue weighted by atomic mass is 10.1. The normalized spacial score (nSPS) is 20.9. The van der Waals surface area contributed by atoms with Crippen LogP contribution in [0, 0.1) is 6.92 Å². The minimum atomic E-state index is 0.733. The van der Waals surface area contributed by atoms with Gasteiger partial charge in [-0.1, -0.05) is 36.8 Å². The smallest absolute Gasteiger partial charge is 0.0237 e. The van der Waals surface area contributed by atoms with Gasteiger partial charge in [-0.2, -0.15) is 0 Å². The zero-order valence-corrected chi connectivity index (χ0v) is 11.1. The predicted octanol–water partition coefficient (Wildman–Crippen LogP) is 2.57. The molecule has 1 aliphatic rings. The van der Waals surface area contributed by atoms with Crippen molar-refractivity contribution in [2.75, 3.05) is 19.6 Å². The maximum atomic E-state index is 3.47. The fourth-order valence-electron chi connectivity index (χ4n) is 2.57. The molecule has 1 N–H and O–H groups in total. The Morgan fingerprint density at radius 3 is 2.76 bits per heavy atom. The van der Waals surface area contributed by atoms with Crippen LogP contribution in [0.2, 0.25) is 0 Å². The topological polar surface area (TPSA) is 15.3 Å². The molecule has 0 spiro atoms. The van der Waals surface area contributed by atoms with Crippen molar-refractivity contribution >= 4 is 0 Å². The molecule has 94 valence electrons. The van der Waals surface area contributed by atoms with Gasteiger partial charge in [0.25, 0.3) is 0 Å². The van der Waals surface area contributed by atoms with E-state index in [-0.39, 0.29) is 0 Å². The van der Waals surface area contributed by atoms with Crippen molar-refractivity contribution in [3.05, 3.63) is 35.4 Å². The third kappa shape index (κ3) is 3.55. The van der Waals surface area contributed by atoms with E-state index in [0.717, 1.165) is 25.7 Å². The van der Waals surface area contributed by atoms with Crippen molar-refractivity contribution in [1.82, 2.24) is 10.2 Å². The second kappa shape index (κ2) is 6.18. The van der Waals surface area contributed by atoms with Gasteiger partial charge in [0.15, 0.2) is 0 Å². The summed E-state index contributed by atoms with van der Waals surface area (Å²) >= 11 is 0. The van der Waals surface area contributed by atoms with Crippen LogP contribution in [0.5, 0.6) is 0 Å². The number of aryl methyl sites for hydroxylation is 1. The first-order chi connectivity index (χ1) is 8.29. The highest BCUT2D eigenvalue weighted by atomic mass is 15.2. The Hall–Kier alpha value is -0.860. The number of likely N-dealkylation sites (tertiary alicyclic amines) is 1. The van der Waals surface area contributed by atoms with Gasteiger partial charge in [-0.05, 0) is 38.4 Å². The zero-order chi connectivity index (χ0) is 12.1. The van der Waals surface area contributed by atoms with Gasteiger partial charge < -0.3 is 5.32 Å². The van der Waals surface area contributed by atoms with Crippen LogP contribution >= 0.6 is 0 Å². The molecule has 2 heteroatoms. The molecular formula is C15H24N2. The Balaban J connectivity index is 1.90. The molecule has 1 fully saturated rings. The van der Waals surface area contributed by atoms with Crippen LogP contribution in [0.4, 0.5) is 0 Å². The lowest BCUT2D eigenvalue weighted by molar-refractivity contribution is 0.240. The predicted molar refractivity (Wildman–Crippen MR) is 73.2 cm³/mol. The SMILES string of the molecule is CCNCC1CCCN1Cc1ccc(C)cc1. The highest BCUT2D eigenvalue weighted by Gasteiger charge is 2.23. The first-order valence-corrected chi connectivity index (χ1v) is 6.80. The molecule has 1 heterocycles. The van der Waals surface area contributed by atoms with E-state index in [1.807, 2.05) is 0 Å². The largest absolute Gasteiger partial charge is 0.315 e. The van der Waals surface area contributed by atoms with E-state index >= 15 is 0 Å². The second-order valence-electron chi connectivity index (χ2n) is 5.06. The maximum absolute atomic E-state index is 3.47. The average molecular weight is 232 g/mol. The van der Waals surface area contributed by atoms with Crippen LogP contribution in [0.25, 0.3) is 0 Å². The van der Waals surface area contributed by atoms with E-state index in [2.05, 4.69) is 48.3 Å². The van der Waals surface area contributed by atoms with Crippen LogP contribution in [-0.4, -0.2) is 30.6 Å². The van der Waals surface area contributed by atoms with E-state index in [1.54, 1.807) is 0 Å². The Kier molecular flexibility index (Phi) is 4.57. The summed E-state index contributed by atoms with van der Waals surface area (Å²) in [6.45, 7) is 8.91. The summed E-state index contributed by atoms with van der Waals surface area (Å²) in [6, 6.07) is 9.68. The Bertz CT molecular complexity index is 331. The molecule has 1 aromatic carbocycles. The van der Waals surface area contributed by atoms with E-state index in [0.29, 0.717) is 0 Å². The lowest BCUT2D eigenvalue weighted by Crippen LogP contribution is -2.37. The summed E-state index contributed by atoms with van der Waals surface area (Å²) in [4.78, 5) is 2.62. The van der Waals surface area contributed by atoms with Crippen molar-refractivity contribution in [3.63, 3.8) is 0 Å². The molecule has 0 amide bonds. The first kappa shape index (κ1) is 12.6. The molecule has 1 atom stereocenters. The molecule has 1 saturated heterocycles. The molecule has 0 aromatic heterocycles. The standard InChI is InChI=1S/C15H24N2/c1-3-16-11-15-5-4-10-17(15)12-14-8-6-13(2)7-9-14/h6-9,15-16H,3-5,10-12H2,1-2H3. The molecule has 1 unspecified atom stereocenters. The quantitative estimate of drug-likeness (QED) is 0.839. The van der Waals surface area contributed by atoms with Crippen molar-refractivity contribution < 1.29 is 0 Å².